The molecular weight excluding hydrogens is 293 g/mol. The molecule has 0 radical (unpaired) electrons. The van der Waals surface area contributed by atoms with E-state index in [1.165, 1.54) is 0 Å². The maximum atomic E-state index is 6.25. The van der Waals surface area contributed by atoms with Crippen molar-refractivity contribution in [3.8, 4) is 0 Å². The van der Waals surface area contributed by atoms with Crippen LogP contribution in [0.15, 0.2) is 18.2 Å². The van der Waals surface area contributed by atoms with E-state index in [9.17, 15) is 0 Å². The highest BCUT2D eigenvalue weighted by Gasteiger charge is 2.33. The van der Waals surface area contributed by atoms with E-state index in [4.69, 9.17) is 29.0 Å². The van der Waals surface area contributed by atoms with Crippen LogP contribution in [0.5, 0.6) is 0 Å². The smallest absolute Gasteiger partial charge is 0.0439 e. The molecule has 0 saturated carbocycles. The Hall–Kier alpha value is -0.320. The van der Waals surface area contributed by atoms with E-state index >= 15 is 0 Å². The maximum absolute atomic E-state index is 6.25. The van der Waals surface area contributed by atoms with Crippen molar-refractivity contribution in [1.29, 1.82) is 0 Å². The Balaban J connectivity index is 2.99. The van der Waals surface area contributed by atoms with Gasteiger partial charge in [-0.05, 0) is 57.1 Å². The van der Waals surface area contributed by atoms with Crippen LogP contribution in [-0.4, -0.2) is 29.6 Å². The van der Waals surface area contributed by atoms with Gasteiger partial charge in [0.15, 0.2) is 0 Å². The van der Waals surface area contributed by atoms with Crippen LogP contribution in [0.1, 0.15) is 33.3 Å². The molecule has 20 heavy (non-hydrogen) atoms. The van der Waals surface area contributed by atoms with Crippen LogP contribution in [0.4, 0.5) is 0 Å². The second kappa shape index (κ2) is 7.62. The first kappa shape index (κ1) is 17.7. The van der Waals surface area contributed by atoms with Crippen molar-refractivity contribution in [2.24, 2.45) is 5.84 Å². The van der Waals surface area contributed by atoms with E-state index in [-0.39, 0.29) is 11.6 Å². The molecule has 1 atom stereocenters. The Morgan fingerprint density at radius 3 is 2.35 bits per heavy atom. The van der Waals surface area contributed by atoms with Crippen LogP contribution in [0, 0.1) is 0 Å². The van der Waals surface area contributed by atoms with Gasteiger partial charge in [-0.15, -0.1) is 0 Å². The van der Waals surface area contributed by atoms with Crippen molar-refractivity contribution in [2.75, 3.05) is 13.1 Å². The molecule has 0 fully saturated rings. The topological polar surface area (TPSA) is 41.3 Å². The Bertz CT molecular complexity index is 431. The SMILES string of the molecule is CCN(CC)C(C)(C)C(Cc1cc(Cl)ccc1Cl)NN. The van der Waals surface area contributed by atoms with E-state index in [0.717, 1.165) is 30.1 Å². The number of benzene rings is 1. The standard InChI is InChI=1S/C15H25Cl2N3/c1-5-20(6-2)15(3,4)14(19-18)10-11-9-12(16)7-8-13(11)17/h7-9,14,19H,5-6,10,18H2,1-4H3. The van der Waals surface area contributed by atoms with Crippen molar-refractivity contribution in [3.05, 3.63) is 33.8 Å². The molecular formula is C15H25Cl2N3. The lowest BCUT2D eigenvalue weighted by atomic mass is 9.87. The molecule has 3 nitrogen and oxygen atoms in total. The van der Waals surface area contributed by atoms with Gasteiger partial charge in [0.1, 0.15) is 0 Å². The Morgan fingerprint density at radius 1 is 1.25 bits per heavy atom. The third-order valence-electron chi connectivity index (χ3n) is 4.06. The summed E-state index contributed by atoms with van der Waals surface area (Å²) in [5.41, 5.74) is 3.88. The molecule has 114 valence electrons. The van der Waals surface area contributed by atoms with Gasteiger partial charge in [-0.2, -0.15) is 0 Å². The summed E-state index contributed by atoms with van der Waals surface area (Å²) in [5, 5.41) is 1.42. The van der Waals surface area contributed by atoms with E-state index in [0.29, 0.717) is 5.02 Å². The third kappa shape index (κ3) is 4.09. The first-order valence-corrected chi connectivity index (χ1v) is 7.77. The van der Waals surface area contributed by atoms with Crippen LogP contribution < -0.4 is 11.3 Å². The summed E-state index contributed by atoms with van der Waals surface area (Å²) >= 11 is 12.3. The fourth-order valence-corrected chi connectivity index (χ4v) is 3.08. The van der Waals surface area contributed by atoms with Crippen molar-refractivity contribution in [3.63, 3.8) is 0 Å². The molecule has 1 aromatic rings. The van der Waals surface area contributed by atoms with E-state index < -0.39 is 0 Å². The van der Waals surface area contributed by atoms with Crippen LogP contribution >= 0.6 is 23.2 Å². The normalized spacial score (nSPS) is 13.8. The molecule has 3 N–H and O–H groups in total. The number of halogens is 2. The number of hydrogen-bond donors (Lipinski definition) is 2. The number of hydrazine groups is 1. The zero-order valence-corrected chi connectivity index (χ0v) is 14.2. The number of likely N-dealkylation sites (N-methyl/N-ethyl adjacent to an activating group) is 1. The maximum Gasteiger partial charge on any atom is 0.0439 e. The lowest BCUT2D eigenvalue weighted by molar-refractivity contribution is 0.0912. The van der Waals surface area contributed by atoms with E-state index in [2.05, 4.69) is 38.0 Å². The van der Waals surface area contributed by atoms with Crippen molar-refractivity contribution in [2.45, 2.75) is 45.7 Å². The predicted molar refractivity (Wildman–Crippen MR) is 88.3 cm³/mol. The summed E-state index contributed by atoms with van der Waals surface area (Å²) in [6.45, 7) is 10.7. The highest BCUT2D eigenvalue weighted by molar-refractivity contribution is 6.33. The molecule has 0 heterocycles. The zero-order chi connectivity index (χ0) is 15.3. The minimum atomic E-state index is -0.0795. The largest absolute Gasteiger partial charge is 0.297 e. The number of rotatable bonds is 7. The van der Waals surface area contributed by atoms with Gasteiger partial charge in [-0.1, -0.05) is 37.0 Å². The number of hydrogen-bond acceptors (Lipinski definition) is 3. The Morgan fingerprint density at radius 2 is 1.85 bits per heavy atom. The molecule has 1 unspecified atom stereocenters. The summed E-state index contributed by atoms with van der Waals surface area (Å²) in [7, 11) is 0. The van der Waals surface area contributed by atoms with Gasteiger partial charge in [-0.3, -0.25) is 16.2 Å². The van der Waals surface area contributed by atoms with E-state index in [1.54, 1.807) is 6.07 Å². The van der Waals surface area contributed by atoms with Gasteiger partial charge < -0.3 is 0 Å². The minimum absolute atomic E-state index is 0.0795. The van der Waals surface area contributed by atoms with Crippen molar-refractivity contribution >= 4 is 23.2 Å². The van der Waals surface area contributed by atoms with Crippen LogP contribution in [0.25, 0.3) is 0 Å². The van der Waals surface area contributed by atoms with Gasteiger partial charge in [0.25, 0.3) is 0 Å². The van der Waals surface area contributed by atoms with Gasteiger partial charge in [0.05, 0.1) is 0 Å². The molecule has 0 aliphatic heterocycles. The molecule has 0 bridgehead atoms. The van der Waals surface area contributed by atoms with Crippen LogP contribution in [0.2, 0.25) is 10.0 Å². The molecule has 1 aromatic carbocycles. The molecule has 0 spiro atoms. The molecule has 0 aromatic heterocycles. The predicted octanol–water partition coefficient (Wildman–Crippen LogP) is 3.49. The van der Waals surface area contributed by atoms with E-state index in [1.807, 2.05) is 12.1 Å². The molecule has 0 aliphatic carbocycles. The summed E-state index contributed by atoms with van der Waals surface area (Å²) in [5.74, 6) is 5.79. The average Bonchev–Trinajstić information content (AvgIpc) is 2.40. The van der Waals surface area contributed by atoms with Crippen molar-refractivity contribution < 1.29 is 0 Å². The van der Waals surface area contributed by atoms with Crippen molar-refractivity contribution in [1.82, 2.24) is 10.3 Å². The van der Waals surface area contributed by atoms with Crippen LogP contribution in [0.3, 0.4) is 0 Å². The summed E-state index contributed by atoms with van der Waals surface area (Å²) in [6.07, 6.45) is 0.736. The summed E-state index contributed by atoms with van der Waals surface area (Å²) in [6, 6.07) is 5.62. The number of nitrogens with zero attached hydrogens (tertiary/aromatic N) is 1. The summed E-state index contributed by atoms with van der Waals surface area (Å²) < 4.78 is 0. The minimum Gasteiger partial charge on any atom is -0.297 e. The third-order valence-corrected chi connectivity index (χ3v) is 4.67. The van der Waals surface area contributed by atoms with Gasteiger partial charge >= 0.3 is 0 Å². The molecule has 5 heteroatoms. The number of nitrogens with two attached hydrogens (primary N) is 1. The fourth-order valence-electron chi connectivity index (χ4n) is 2.69. The average molecular weight is 318 g/mol. The van der Waals surface area contributed by atoms with Gasteiger partial charge in [0, 0.05) is 21.6 Å². The first-order valence-electron chi connectivity index (χ1n) is 7.01. The molecule has 0 saturated heterocycles. The fraction of sp³-hybridized carbons (Fsp3) is 0.600. The van der Waals surface area contributed by atoms with Gasteiger partial charge in [-0.25, -0.2) is 0 Å². The van der Waals surface area contributed by atoms with Crippen LogP contribution in [-0.2, 0) is 6.42 Å². The first-order chi connectivity index (χ1) is 9.36. The molecule has 0 amide bonds. The van der Waals surface area contributed by atoms with Gasteiger partial charge in [0.2, 0.25) is 0 Å². The highest BCUT2D eigenvalue weighted by Crippen LogP contribution is 2.26. The summed E-state index contributed by atoms with van der Waals surface area (Å²) in [4.78, 5) is 2.38. The zero-order valence-electron chi connectivity index (χ0n) is 12.7. The second-order valence-corrected chi connectivity index (χ2v) is 6.33. The number of nitrogens with one attached hydrogen (secondary N) is 1. The monoisotopic (exact) mass is 317 g/mol. The Labute approximate surface area is 132 Å². The second-order valence-electron chi connectivity index (χ2n) is 5.49. The molecule has 0 aliphatic rings. The lowest BCUT2D eigenvalue weighted by Gasteiger charge is -2.43. The highest BCUT2D eigenvalue weighted by atomic mass is 35.5. The lowest BCUT2D eigenvalue weighted by Crippen LogP contribution is -2.60. The Kier molecular flexibility index (Phi) is 6.76. The quantitative estimate of drug-likeness (QED) is 0.597. The molecule has 1 rings (SSSR count).